The summed E-state index contributed by atoms with van der Waals surface area (Å²) in [7, 11) is 1.53. The van der Waals surface area contributed by atoms with Crippen LogP contribution < -0.4 is 14.8 Å². The van der Waals surface area contributed by atoms with Gasteiger partial charge in [0, 0.05) is 22.3 Å². The molecule has 3 aromatic rings. The average Bonchev–Trinajstić information content (AvgIpc) is 3.05. The molecule has 0 aliphatic carbocycles. The van der Waals surface area contributed by atoms with E-state index in [2.05, 4.69) is 5.32 Å². The van der Waals surface area contributed by atoms with Gasteiger partial charge in [-0.15, -0.1) is 0 Å². The zero-order chi connectivity index (χ0) is 23.4. The van der Waals surface area contributed by atoms with Crippen molar-refractivity contribution in [3.8, 4) is 11.5 Å². The van der Waals surface area contributed by atoms with E-state index in [0.717, 1.165) is 5.56 Å². The predicted molar refractivity (Wildman–Crippen MR) is 128 cm³/mol. The molecule has 1 aliphatic rings. The van der Waals surface area contributed by atoms with Crippen LogP contribution in [0.25, 0.3) is 5.57 Å². The third kappa shape index (κ3) is 4.71. The van der Waals surface area contributed by atoms with Gasteiger partial charge in [0.15, 0.2) is 0 Å². The molecule has 0 atom stereocenters. The molecule has 1 N–H and O–H groups in total. The molecule has 6 nitrogen and oxygen atoms in total. The molecule has 0 spiro atoms. The summed E-state index contributed by atoms with van der Waals surface area (Å²) in [5, 5.41) is 3.74. The molecule has 0 bridgehead atoms. The Hall–Kier alpha value is -3.77. The SMILES string of the molecule is CCOc1cccc(NC2=C(c3ccccc3OC)C(=O)N(Cc3ccc(Cl)cc3)C2=O)c1. The van der Waals surface area contributed by atoms with Crippen LogP contribution in [-0.2, 0) is 16.1 Å². The lowest BCUT2D eigenvalue weighted by Crippen LogP contribution is -2.32. The second kappa shape index (κ2) is 9.79. The van der Waals surface area contributed by atoms with Gasteiger partial charge in [0.1, 0.15) is 17.2 Å². The van der Waals surface area contributed by atoms with Gasteiger partial charge in [-0.1, -0.05) is 48.0 Å². The van der Waals surface area contributed by atoms with Crippen LogP contribution >= 0.6 is 11.6 Å². The first-order valence-electron chi connectivity index (χ1n) is 10.5. The molecule has 33 heavy (non-hydrogen) atoms. The molecular formula is C26H23ClN2O4. The zero-order valence-electron chi connectivity index (χ0n) is 18.3. The molecule has 0 aromatic heterocycles. The largest absolute Gasteiger partial charge is 0.496 e. The number of rotatable bonds is 8. The number of benzene rings is 3. The van der Waals surface area contributed by atoms with Crippen LogP contribution in [0.2, 0.25) is 5.02 Å². The monoisotopic (exact) mass is 462 g/mol. The van der Waals surface area contributed by atoms with Crippen LogP contribution in [0.1, 0.15) is 18.1 Å². The van der Waals surface area contributed by atoms with E-state index in [1.807, 2.05) is 31.2 Å². The Morgan fingerprint density at radius 2 is 1.70 bits per heavy atom. The van der Waals surface area contributed by atoms with Gasteiger partial charge in [-0.3, -0.25) is 14.5 Å². The molecule has 0 radical (unpaired) electrons. The number of hydrogen-bond acceptors (Lipinski definition) is 5. The van der Waals surface area contributed by atoms with Crippen LogP contribution in [0.5, 0.6) is 11.5 Å². The summed E-state index contributed by atoms with van der Waals surface area (Å²) in [5.41, 5.74) is 2.42. The summed E-state index contributed by atoms with van der Waals surface area (Å²) in [6, 6.07) is 21.5. The van der Waals surface area contributed by atoms with Crippen molar-refractivity contribution in [1.82, 2.24) is 4.90 Å². The smallest absolute Gasteiger partial charge is 0.278 e. The Labute approximate surface area is 197 Å². The lowest BCUT2D eigenvalue weighted by atomic mass is 10.0. The van der Waals surface area contributed by atoms with Gasteiger partial charge in [-0.25, -0.2) is 0 Å². The highest BCUT2D eigenvalue weighted by molar-refractivity contribution is 6.37. The van der Waals surface area contributed by atoms with E-state index >= 15 is 0 Å². The van der Waals surface area contributed by atoms with Gasteiger partial charge in [-0.2, -0.15) is 0 Å². The molecule has 0 saturated carbocycles. The van der Waals surface area contributed by atoms with Crippen LogP contribution in [0.15, 0.2) is 78.5 Å². The Balaban J connectivity index is 1.75. The number of hydrogen-bond donors (Lipinski definition) is 1. The van der Waals surface area contributed by atoms with E-state index in [9.17, 15) is 9.59 Å². The van der Waals surface area contributed by atoms with Crippen LogP contribution in [0.3, 0.4) is 0 Å². The summed E-state index contributed by atoms with van der Waals surface area (Å²) in [6.45, 7) is 2.54. The number of ether oxygens (including phenoxy) is 2. The van der Waals surface area contributed by atoms with E-state index < -0.39 is 11.8 Å². The summed E-state index contributed by atoms with van der Waals surface area (Å²) in [6.07, 6.45) is 0. The van der Waals surface area contributed by atoms with Gasteiger partial charge in [0.2, 0.25) is 0 Å². The van der Waals surface area contributed by atoms with Gasteiger partial charge < -0.3 is 14.8 Å². The minimum absolute atomic E-state index is 0.123. The highest BCUT2D eigenvalue weighted by Crippen LogP contribution is 2.36. The number of nitrogens with zero attached hydrogens (tertiary/aromatic N) is 1. The van der Waals surface area contributed by atoms with E-state index in [1.54, 1.807) is 48.5 Å². The normalized spacial score (nSPS) is 13.5. The van der Waals surface area contributed by atoms with Gasteiger partial charge in [0.05, 0.1) is 25.8 Å². The molecule has 3 aromatic carbocycles. The van der Waals surface area contributed by atoms with Crippen LogP contribution in [0.4, 0.5) is 5.69 Å². The average molecular weight is 463 g/mol. The Kier molecular flexibility index (Phi) is 6.66. The molecule has 0 unspecified atom stereocenters. The Morgan fingerprint density at radius 3 is 2.42 bits per heavy atom. The van der Waals surface area contributed by atoms with Crippen molar-refractivity contribution in [2.45, 2.75) is 13.5 Å². The highest BCUT2D eigenvalue weighted by atomic mass is 35.5. The Morgan fingerprint density at radius 1 is 0.939 bits per heavy atom. The topological polar surface area (TPSA) is 67.9 Å². The van der Waals surface area contributed by atoms with Crippen molar-refractivity contribution < 1.29 is 19.1 Å². The maximum absolute atomic E-state index is 13.5. The first-order valence-corrected chi connectivity index (χ1v) is 10.9. The third-order valence-electron chi connectivity index (χ3n) is 5.21. The minimum atomic E-state index is -0.419. The number of amides is 2. The molecule has 2 amide bonds. The summed E-state index contributed by atoms with van der Waals surface area (Å²) in [4.78, 5) is 28.2. The van der Waals surface area contributed by atoms with Crippen LogP contribution in [0, 0.1) is 0 Å². The van der Waals surface area contributed by atoms with E-state index in [4.69, 9.17) is 21.1 Å². The number of anilines is 1. The van der Waals surface area contributed by atoms with E-state index in [0.29, 0.717) is 34.4 Å². The number of carbonyl (C=O) groups is 2. The lowest BCUT2D eigenvalue weighted by molar-refractivity contribution is -0.137. The first-order chi connectivity index (χ1) is 16.0. The number of halogens is 1. The molecule has 0 fully saturated rings. The van der Waals surface area contributed by atoms with Crippen molar-refractivity contribution in [2.24, 2.45) is 0 Å². The maximum Gasteiger partial charge on any atom is 0.278 e. The number of imide groups is 1. The standard InChI is InChI=1S/C26H23ClN2O4/c1-3-33-20-8-6-7-19(15-20)28-24-23(21-9-4-5-10-22(21)32-2)25(30)29(26(24)31)16-17-11-13-18(27)14-12-17/h4-15,28H,3,16H2,1-2H3. The number of nitrogens with one attached hydrogen (secondary N) is 1. The quantitative estimate of drug-likeness (QED) is 0.469. The highest BCUT2D eigenvalue weighted by Gasteiger charge is 2.40. The van der Waals surface area contributed by atoms with Gasteiger partial charge in [0.25, 0.3) is 11.8 Å². The van der Waals surface area contributed by atoms with E-state index in [1.165, 1.54) is 12.0 Å². The van der Waals surface area contributed by atoms with Gasteiger partial charge >= 0.3 is 0 Å². The number of carbonyl (C=O) groups excluding carboxylic acids is 2. The molecular weight excluding hydrogens is 440 g/mol. The van der Waals surface area contributed by atoms with Crippen molar-refractivity contribution in [3.63, 3.8) is 0 Å². The second-order valence-electron chi connectivity index (χ2n) is 7.36. The summed E-state index contributed by atoms with van der Waals surface area (Å²) < 4.78 is 11.0. The van der Waals surface area contributed by atoms with Crippen molar-refractivity contribution in [3.05, 3.63) is 94.6 Å². The predicted octanol–water partition coefficient (Wildman–Crippen LogP) is 5.14. The molecule has 7 heteroatoms. The molecule has 1 heterocycles. The molecule has 168 valence electrons. The Bertz CT molecular complexity index is 1220. The molecule has 0 saturated heterocycles. The van der Waals surface area contributed by atoms with E-state index in [-0.39, 0.29) is 17.8 Å². The fourth-order valence-corrected chi connectivity index (χ4v) is 3.81. The number of para-hydroxylation sites is 1. The summed E-state index contributed by atoms with van der Waals surface area (Å²) >= 11 is 5.98. The lowest BCUT2D eigenvalue weighted by Gasteiger charge is -2.16. The second-order valence-corrected chi connectivity index (χ2v) is 7.80. The van der Waals surface area contributed by atoms with Crippen molar-refractivity contribution >= 4 is 34.7 Å². The van der Waals surface area contributed by atoms with Crippen molar-refractivity contribution in [1.29, 1.82) is 0 Å². The molecule has 1 aliphatic heterocycles. The first kappa shape index (κ1) is 22.4. The summed E-state index contributed by atoms with van der Waals surface area (Å²) in [5.74, 6) is 0.349. The van der Waals surface area contributed by atoms with Gasteiger partial charge in [-0.05, 0) is 42.8 Å². The fraction of sp³-hybridized carbons (Fsp3) is 0.154. The zero-order valence-corrected chi connectivity index (χ0v) is 19.1. The van der Waals surface area contributed by atoms with Crippen LogP contribution in [-0.4, -0.2) is 30.4 Å². The minimum Gasteiger partial charge on any atom is -0.496 e. The fourth-order valence-electron chi connectivity index (χ4n) is 3.68. The van der Waals surface area contributed by atoms with Crippen molar-refractivity contribution in [2.75, 3.05) is 19.0 Å². The molecule has 4 rings (SSSR count). The maximum atomic E-state index is 13.5. The number of methoxy groups -OCH3 is 1. The third-order valence-corrected chi connectivity index (χ3v) is 5.46.